The van der Waals surface area contributed by atoms with Crippen LogP contribution >= 0.6 is 0 Å². The average Bonchev–Trinajstić information content (AvgIpc) is 3.83. The Bertz CT molecular complexity index is 2350. The highest BCUT2D eigenvalue weighted by atomic mass is 19.2. The van der Waals surface area contributed by atoms with E-state index in [2.05, 4.69) is 25.9 Å². The quantitative estimate of drug-likeness (QED) is 0.0714. The van der Waals surface area contributed by atoms with Crippen LogP contribution < -0.4 is 30.5 Å². The zero-order valence-corrected chi connectivity index (χ0v) is 35.4. The predicted octanol–water partition coefficient (Wildman–Crippen LogP) is 5.50. The number of rotatable bonds is 21. The van der Waals surface area contributed by atoms with Crippen molar-refractivity contribution >= 4 is 65.7 Å². The van der Waals surface area contributed by atoms with Gasteiger partial charge in [0.25, 0.3) is 11.8 Å². The topological polar surface area (TPSA) is 174 Å². The molecule has 6 rings (SSSR count). The maximum Gasteiger partial charge on any atom is 0.677 e. The van der Waals surface area contributed by atoms with Crippen molar-refractivity contribution in [2.45, 2.75) is 26.7 Å². The van der Waals surface area contributed by atoms with Crippen LogP contribution in [-0.2, 0) is 19.0 Å². The molecule has 2 aromatic carbocycles. The molecule has 2 aliphatic rings. The Kier molecular flexibility index (Phi) is 15.6. The standard InChI is InChI=1S/C43H50BF2N9O7/c1-28-24-29(2)55(44(45)46)36(28)26-32-12-11-31(50-32)13-15-39(56)47-16-18-60-20-22-62-23-21-61-19-17-48-41(57)30-10-14-34(38(25-30)59-5)51-43-49-27-37-40(52-43)53(3)35-9-7-6-8-33(35)42(58)54(37)4/h6-12,14,24-27H,13,15-23H2,1-5H3,(H,47,56)(H,48,57)(H,49,51,52)/b32-26-. The Labute approximate surface area is 359 Å². The van der Waals surface area contributed by atoms with Crippen LogP contribution in [0.15, 0.2) is 77.6 Å². The summed E-state index contributed by atoms with van der Waals surface area (Å²) in [5.74, 6) is 0.635. The number of carbonyl (C=O) groups is 3. The van der Waals surface area contributed by atoms with Crippen LogP contribution in [0.3, 0.4) is 0 Å². The van der Waals surface area contributed by atoms with Crippen LogP contribution in [0, 0.1) is 13.8 Å². The number of para-hydroxylation sites is 1. The van der Waals surface area contributed by atoms with Crippen molar-refractivity contribution in [3.8, 4) is 5.75 Å². The summed E-state index contributed by atoms with van der Waals surface area (Å²) in [6.07, 6.45) is 7.43. The molecule has 19 heteroatoms. The van der Waals surface area contributed by atoms with Gasteiger partial charge >= 0.3 is 7.40 Å². The molecule has 0 atom stereocenters. The zero-order valence-electron chi connectivity index (χ0n) is 35.4. The number of anilines is 5. The summed E-state index contributed by atoms with van der Waals surface area (Å²) in [6, 6.07) is 14.0. The molecule has 2 aromatic heterocycles. The van der Waals surface area contributed by atoms with Crippen LogP contribution in [0.2, 0.25) is 0 Å². The van der Waals surface area contributed by atoms with E-state index in [-0.39, 0.29) is 43.2 Å². The summed E-state index contributed by atoms with van der Waals surface area (Å²) in [7, 11) is 2.39. The molecular weight excluding hydrogens is 803 g/mol. The molecular formula is C43H50BF2N9O7. The van der Waals surface area contributed by atoms with Gasteiger partial charge in [-0.2, -0.15) is 4.98 Å². The second kappa shape index (κ2) is 21.4. The van der Waals surface area contributed by atoms with Gasteiger partial charge in [0.15, 0.2) is 5.82 Å². The number of aromatic nitrogens is 3. The molecule has 0 spiro atoms. The minimum absolute atomic E-state index is 0.141. The summed E-state index contributed by atoms with van der Waals surface area (Å²) >= 11 is 0. The number of nitrogens with one attached hydrogen (secondary N) is 3. The summed E-state index contributed by atoms with van der Waals surface area (Å²) in [5.41, 5.74) is 5.69. The molecule has 4 aromatic rings. The van der Waals surface area contributed by atoms with Gasteiger partial charge in [0.05, 0.1) is 75.6 Å². The number of fused-ring (bicyclic) bond motifs is 2. The Morgan fingerprint density at radius 3 is 2.31 bits per heavy atom. The van der Waals surface area contributed by atoms with E-state index in [1.54, 1.807) is 75.7 Å². The van der Waals surface area contributed by atoms with Gasteiger partial charge < -0.3 is 49.2 Å². The van der Waals surface area contributed by atoms with Gasteiger partial charge in [-0.1, -0.05) is 12.1 Å². The van der Waals surface area contributed by atoms with E-state index in [0.29, 0.717) is 103 Å². The first-order chi connectivity index (χ1) is 29.9. The van der Waals surface area contributed by atoms with Crippen LogP contribution in [-0.4, -0.2) is 119 Å². The fourth-order valence-electron chi connectivity index (χ4n) is 6.85. The third-order valence-corrected chi connectivity index (χ3v) is 10.1. The van der Waals surface area contributed by atoms with E-state index in [1.165, 1.54) is 12.0 Å². The number of hydrogen-bond donors (Lipinski definition) is 3. The number of benzene rings is 2. The zero-order chi connectivity index (χ0) is 44.2. The fourth-order valence-corrected chi connectivity index (χ4v) is 6.85. The minimum atomic E-state index is -2.64. The van der Waals surface area contributed by atoms with Gasteiger partial charge in [0.2, 0.25) is 11.9 Å². The van der Waals surface area contributed by atoms with E-state index in [4.69, 9.17) is 23.9 Å². The average molecular weight is 854 g/mol. The van der Waals surface area contributed by atoms with Crippen molar-refractivity contribution < 1.29 is 42.0 Å². The fraction of sp³-hybridized carbons (Fsp3) is 0.349. The first-order valence-electron chi connectivity index (χ1n) is 20.1. The molecule has 0 saturated carbocycles. The molecule has 2 aliphatic heterocycles. The molecule has 62 heavy (non-hydrogen) atoms. The van der Waals surface area contributed by atoms with Crippen molar-refractivity contribution in [1.29, 1.82) is 0 Å². The lowest BCUT2D eigenvalue weighted by molar-refractivity contribution is -0.121. The van der Waals surface area contributed by atoms with Crippen LogP contribution in [0.25, 0.3) is 6.08 Å². The van der Waals surface area contributed by atoms with Crippen LogP contribution in [0.4, 0.5) is 37.5 Å². The maximum atomic E-state index is 13.5. The Morgan fingerprint density at radius 1 is 0.871 bits per heavy atom. The molecule has 0 bridgehead atoms. The number of aliphatic imine (C=N–C) groups is 1. The lowest BCUT2D eigenvalue weighted by Crippen LogP contribution is -2.28. The molecule has 3 N–H and O–H groups in total. The molecule has 3 amide bonds. The second-order valence-electron chi connectivity index (χ2n) is 14.3. The second-order valence-corrected chi connectivity index (χ2v) is 14.3. The molecule has 4 heterocycles. The summed E-state index contributed by atoms with van der Waals surface area (Å²) in [5, 5.41) is 8.81. The Morgan fingerprint density at radius 2 is 1.58 bits per heavy atom. The third kappa shape index (κ3) is 11.3. The number of carbonyl (C=O) groups excluding carboxylic acids is 3. The number of allylic oxidation sites excluding steroid dienone is 2. The molecule has 0 aliphatic carbocycles. The van der Waals surface area contributed by atoms with E-state index >= 15 is 0 Å². The van der Waals surface area contributed by atoms with Gasteiger partial charge in [-0.25, -0.2) is 4.98 Å². The van der Waals surface area contributed by atoms with E-state index < -0.39 is 7.40 Å². The van der Waals surface area contributed by atoms with Gasteiger partial charge in [0.1, 0.15) is 11.4 Å². The maximum absolute atomic E-state index is 13.5. The van der Waals surface area contributed by atoms with Gasteiger partial charge in [0, 0.05) is 56.3 Å². The third-order valence-electron chi connectivity index (χ3n) is 10.1. The minimum Gasteiger partial charge on any atom is -0.495 e. The van der Waals surface area contributed by atoms with E-state index in [1.807, 2.05) is 30.1 Å². The highest BCUT2D eigenvalue weighted by molar-refractivity contribution is 6.41. The van der Waals surface area contributed by atoms with Gasteiger partial charge in [-0.3, -0.25) is 28.0 Å². The van der Waals surface area contributed by atoms with E-state index in [0.717, 1.165) is 15.7 Å². The lowest BCUT2D eigenvalue weighted by atomic mass is 10.1. The number of ether oxygens (including phenoxy) is 4. The largest absolute Gasteiger partial charge is 0.677 e. The number of hydrogen-bond acceptors (Lipinski definition) is 12. The summed E-state index contributed by atoms with van der Waals surface area (Å²) in [6.45, 7) is 6.05. The monoisotopic (exact) mass is 853 g/mol. The highest BCUT2D eigenvalue weighted by Crippen LogP contribution is 2.38. The van der Waals surface area contributed by atoms with Crippen molar-refractivity contribution in [3.05, 3.63) is 101 Å². The number of aryl methyl sites for hydroxylation is 2. The number of methoxy groups -OCH3 is 1. The van der Waals surface area contributed by atoms with Crippen LogP contribution in [0.5, 0.6) is 5.75 Å². The number of amides is 3. The van der Waals surface area contributed by atoms with E-state index in [9.17, 15) is 23.0 Å². The predicted molar refractivity (Wildman–Crippen MR) is 234 cm³/mol. The SMILES string of the molecule is COc1cc(C(=O)NCCOCCOCCOCCNC(=O)CCC2=N/C(=C\c3c(C)cc(C)n3B(F)F)C=C2)ccc1Nc1ncc2c(n1)N(C)c1ccccc1C(=O)N2C. The molecule has 0 fully saturated rings. The molecule has 0 radical (unpaired) electrons. The molecule has 326 valence electrons. The van der Waals surface area contributed by atoms with Crippen molar-refractivity contribution in [2.75, 3.05) is 89.1 Å². The van der Waals surface area contributed by atoms with Crippen molar-refractivity contribution in [2.24, 2.45) is 4.99 Å². The molecule has 16 nitrogen and oxygen atoms in total. The summed E-state index contributed by atoms with van der Waals surface area (Å²) in [4.78, 5) is 55.3. The van der Waals surface area contributed by atoms with Crippen LogP contribution in [0.1, 0.15) is 50.5 Å². The number of nitrogens with zero attached hydrogens (tertiary/aromatic N) is 6. The van der Waals surface area contributed by atoms with Crippen molar-refractivity contribution in [1.82, 2.24) is 25.1 Å². The molecule has 0 unspecified atom stereocenters. The smallest absolute Gasteiger partial charge is 0.495 e. The Hall–Kier alpha value is -6.44. The Balaban J connectivity index is 0.812. The highest BCUT2D eigenvalue weighted by Gasteiger charge is 2.29. The molecule has 0 saturated heterocycles. The first kappa shape index (κ1) is 45.1. The summed E-state index contributed by atoms with van der Waals surface area (Å²) < 4.78 is 50.2. The first-order valence-corrected chi connectivity index (χ1v) is 20.1. The van der Waals surface area contributed by atoms with Crippen molar-refractivity contribution in [3.63, 3.8) is 0 Å². The lowest BCUT2D eigenvalue weighted by Gasteiger charge is -2.21. The van der Waals surface area contributed by atoms with Gasteiger partial charge in [-0.15, -0.1) is 0 Å². The normalized spacial score (nSPS) is 13.8. The van der Waals surface area contributed by atoms with Gasteiger partial charge in [-0.05, 0) is 80.5 Å². The number of halogens is 2.